The lowest BCUT2D eigenvalue weighted by Crippen LogP contribution is -2.45. The molecule has 1 saturated heterocycles. The highest BCUT2D eigenvalue weighted by molar-refractivity contribution is 5.69. The molecular weight excluding hydrogens is 206 g/mol. The molecule has 2 atom stereocenters. The molecule has 0 aromatic rings. The van der Waals surface area contributed by atoms with Gasteiger partial charge in [0.25, 0.3) is 0 Å². The number of morpholine rings is 1. The van der Waals surface area contributed by atoms with Crippen molar-refractivity contribution in [3.63, 3.8) is 0 Å². The molecule has 0 bridgehead atoms. The number of carbonyl (C=O) groups excluding carboxylic acids is 1. The molecule has 1 fully saturated rings. The second-order valence-corrected chi connectivity index (χ2v) is 4.27. The van der Waals surface area contributed by atoms with E-state index in [9.17, 15) is 4.79 Å². The van der Waals surface area contributed by atoms with Crippen molar-refractivity contribution in [1.82, 2.24) is 5.32 Å². The van der Waals surface area contributed by atoms with Crippen molar-refractivity contribution in [2.75, 3.05) is 19.7 Å². The summed E-state index contributed by atoms with van der Waals surface area (Å²) in [5.74, 6) is -0.102. The van der Waals surface area contributed by atoms with E-state index in [1.165, 1.54) is 0 Å². The van der Waals surface area contributed by atoms with Crippen LogP contribution in [0, 0.1) is 0 Å². The molecule has 2 unspecified atom stereocenters. The lowest BCUT2D eigenvalue weighted by molar-refractivity contribution is -0.157. The van der Waals surface area contributed by atoms with E-state index in [1.807, 2.05) is 6.92 Å². The largest absolute Gasteiger partial charge is 0.460 e. The number of esters is 1. The van der Waals surface area contributed by atoms with Gasteiger partial charge in [-0.1, -0.05) is 19.8 Å². The van der Waals surface area contributed by atoms with Gasteiger partial charge in [0.2, 0.25) is 0 Å². The molecule has 0 spiro atoms. The SMILES string of the molecule is CCCCCC(=O)OC(C)C1CNCCO1. The molecule has 0 amide bonds. The van der Waals surface area contributed by atoms with Crippen molar-refractivity contribution >= 4 is 5.97 Å². The van der Waals surface area contributed by atoms with Crippen LogP contribution in [-0.4, -0.2) is 37.9 Å². The topological polar surface area (TPSA) is 47.6 Å². The molecule has 0 saturated carbocycles. The maximum atomic E-state index is 11.5. The summed E-state index contributed by atoms with van der Waals surface area (Å²) in [7, 11) is 0. The third-order valence-corrected chi connectivity index (χ3v) is 2.78. The van der Waals surface area contributed by atoms with Gasteiger partial charge in [-0.15, -0.1) is 0 Å². The van der Waals surface area contributed by atoms with Gasteiger partial charge in [-0.25, -0.2) is 0 Å². The molecule has 0 radical (unpaired) electrons. The van der Waals surface area contributed by atoms with E-state index in [0.717, 1.165) is 32.4 Å². The van der Waals surface area contributed by atoms with E-state index in [4.69, 9.17) is 9.47 Å². The van der Waals surface area contributed by atoms with Crippen molar-refractivity contribution in [3.05, 3.63) is 0 Å². The van der Waals surface area contributed by atoms with Crippen LogP contribution in [0.15, 0.2) is 0 Å². The average molecular weight is 229 g/mol. The fraction of sp³-hybridized carbons (Fsp3) is 0.917. The first-order valence-corrected chi connectivity index (χ1v) is 6.26. The Bertz CT molecular complexity index is 202. The van der Waals surface area contributed by atoms with Crippen molar-refractivity contribution in [2.24, 2.45) is 0 Å². The summed E-state index contributed by atoms with van der Waals surface area (Å²) in [4.78, 5) is 11.5. The number of unbranched alkanes of at least 4 members (excludes halogenated alkanes) is 2. The molecule has 4 heteroatoms. The van der Waals surface area contributed by atoms with Crippen molar-refractivity contribution in [1.29, 1.82) is 0 Å². The van der Waals surface area contributed by atoms with Crippen LogP contribution in [0.5, 0.6) is 0 Å². The number of ether oxygens (including phenoxy) is 2. The molecular formula is C12H23NO3. The normalized spacial score (nSPS) is 22.8. The molecule has 4 nitrogen and oxygen atoms in total. The van der Waals surface area contributed by atoms with Crippen LogP contribution in [0.1, 0.15) is 39.5 Å². The minimum absolute atomic E-state index is 0.00359. The molecule has 1 heterocycles. The molecule has 1 aliphatic rings. The molecule has 0 aromatic carbocycles. The van der Waals surface area contributed by atoms with Gasteiger partial charge in [-0.05, 0) is 13.3 Å². The maximum absolute atomic E-state index is 11.5. The average Bonchev–Trinajstić information content (AvgIpc) is 2.30. The van der Waals surface area contributed by atoms with Gasteiger partial charge in [0.15, 0.2) is 0 Å². The van der Waals surface area contributed by atoms with Crippen molar-refractivity contribution in [2.45, 2.75) is 51.7 Å². The Morgan fingerprint density at radius 3 is 3.00 bits per heavy atom. The standard InChI is InChI=1S/C12H23NO3/c1-3-4-5-6-12(14)16-10(2)11-9-13-7-8-15-11/h10-11,13H,3-9H2,1-2H3. The van der Waals surface area contributed by atoms with Crippen LogP contribution < -0.4 is 5.32 Å². The van der Waals surface area contributed by atoms with Crippen LogP contribution >= 0.6 is 0 Å². The number of rotatable bonds is 6. The highest BCUT2D eigenvalue weighted by Crippen LogP contribution is 2.08. The highest BCUT2D eigenvalue weighted by Gasteiger charge is 2.23. The zero-order valence-electron chi connectivity index (χ0n) is 10.3. The number of carbonyl (C=O) groups is 1. The predicted molar refractivity (Wildman–Crippen MR) is 62.3 cm³/mol. The summed E-state index contributed by atoms with van der Waals surface area (Å²) in [6.45, 7) is 6.37. The third-order valence-electron chi connectivity index (χ3n) is 2.78. The quantitative estimate of drug-likeness (QED) is 0.553. The zero-order valence-corrected chi connectivity index (χ0v) is 10.3. The van der Waals surface area contributed by atoms with E-state index in [0.29, 0.717) is 13.0 Å². The van der Waals surface area contributed by atoms with Gasteiger partial charge in [0.1, 0.15) is 12.2 Å². The molecule has 16 heavy (non-hydrogen) atoms. The fourth-order valence-electron chi connectivity index (χ4n) is 1.75. The van der Waals surface area contributed by atoms with Crippen LogP contribution in [-0.2, 0) is 14.3 Å². The Kier molecular flexibility index (Phi) is 6.42. The number of hydrogen-bond donors (Lipinski definition) is 1. The van der Waals surface area contributed by atoms with Crippen molar-refractivity contribution in [3.8, 4) is 0 Å². The lowest BCUT2D eigenvalue weighted by atomic mass is 10.2. The number of nitrogens with one attached hydrogen (secondary N) is 1. The Morgan fingerprint density at radius 2 is 2.38 bits per heavy atom. The first kappa shape index (κ1) is 13.5. The maximum Gasteiger partial charge on any atom is 0.306 e. The summed E-state index contributed by atoms with van der Waals surface area (Å²) in [5, 5.41) is 3.22. The van der Waals surface area contributed by atoms with E-state index in [1.54, 1.807) is 0 Å². The Labute approximate surface area is 97.7 Å². The van der Waals surface area contributed by atoms with Gasteiger partial charge in [-0.3, -0.25) is 4.79 Å². The van der Waals surface area contributed by atoms with Crippen LogP contribution in [0.2, 0.25) is 0 Å². The van der Waals surface area contributed by atoms with Gasteiger partial charge < -0.3 is 14.8 Å². The fourth-order valence-corrected chi connectivity index (χ4v) is 1.75. The second-order valence-electron chi connectivity index (χ2n) is 4.27. The third kappa shape index (κ3) is 4.94. The Hall–Kier alpha value is -0.610. The first-order valence-electron chi connectivity index (χ1n) is 6.26. The van der Waals surface area contributed by atoms with E-state index in [-0.39, 0.29) is 18.2 Å². The van der Waals surface area contributed by atoms with Gasteiger partial charge in [0, 0.05) is 19.5 Å². The zero-order chi connectivity index (χ0) is 11.8. The molecule has 1 aliphatic heterocycles. The highest BCUT2D eigenvalue weighted by atomic mass is 16.6. The van der Waals surface area contributed by atoms with E-state index < -0.39 is 0 Å². The van der Waals surface area contributed by atoms with Gasteiger partial charge in [-0.2, -0.15) is 0 Å². The minimum atomic E-state index is -0.151. The smallest absolute Gasteiger partial charge is 0.306 e. The van der Waals surface area contributed by atoms with E-state index in [2.05, 4.69) is 12.2 Å². The molecule has 0 aliphatic carbocycles. The molecule has 94 valence electrons. The summed E-state index contributed by atoms with van der Waals surface area (Å²) >= 11 is 0. The number of hydrogen-bond acceptors (Lipinski definition) is 4. The summed E-state index contributed by atoms with van der Waals surface area (Å²) < 4.78 is 10.9. The van der Waals surface area contributed by atoms with E-state index >= 15 is 0 Å². The Balaban J connectivity index is 2.16. The summed E-state index contributed by atoms with van der Waals surface area (Å²) in [5.41, 5.74) is 0. The predicted octanol–water partition coefficient (Wildman–Crippen LogP) is 1.49. The van der Waals surface area contributed by atoms with Crippen LogP contribution in [0.3, 0.4) is 0 Å². The molecule has 0 aromatic heterocycles. The summed E-state index contributed by atoms with van der Waals surface area (Å²) in [6, 6.07) is 0. The minimum Gasteiger partial charge on any atom is -0.460 e. The monoisotopic (exact) mass is 229 g/mol. The van der Waals surface area contributed by atoms with Crippen LogP contribution in [0.4, 0.5) is 0 Å². The Morgan fingerprint density at radius 1 is 1.56 bits per heavy atom. The van der Waals surface area contributed by atoms with Crippen molar-refractivity contribution < 1.29 is 14.3 Å². The first-order chi connectivity index (χ1) is 7.74. The lowest BCUT2D eigenvalue weighted by Gasteiger charge is -2.28. The van der Waals surface area contributed by atoms with Gasteiger partial charge >= 0.3 is 5.97 Å². The molecule has 1 N–H and O–H groups in total. The van der Waals surface area contributed by atoms with Crippen LogP contribution in [0.25, 0.3) is 0 Å². The molecule has 1 rings (SSSR count). The summed E-state index contributed by atoms with van der Waals surface area (Å²) in [6.07, 6.45) is 3.51. The second kappa shape index (κ2) is 7.63. The van der Waals surface area contributed by atoms with Gasteiger partial charge in [0.05, 0.1) is 6.61 Å².